The number of carbonyl (C=O) groups is 1. The summed E-state index contributed by atoms with van der Waals surface area (Å²) in [4.78, 5) is 16.2. The van der Waals surface area contributed by atoms with Gasteiger partial charge < -0.3 is 14.5 Å². The van der Waals surface area contributed by atoms with E-state index in [1.165, 1.54) is 5.69 Å². The highest BCUT2D eigenvalue weighted by Gasteiger charge is 2.28. The molecule has 0 N–H and O–H groups in total. The molecule has 1 saturated heterocycles. The van der Waals surface area contributed by atoms with Crippen molar-refractivity contribution in [2.24, 2.45) is 0 Å². The van der Waals surface area contributed by atoms with Crippen LogP contribution in [0.3, 0.4) is 0 Å². The van der Waals surface area contributed by atoms with Gasteiger partial charge in [0, 0.05) is 36.3 Å². The highest BCUT2D eigenvalue weighted by atomic mass is 79.9. The van der Waals surface area contributed by atoms with Crippen molar-refractivity contribution in [2.45, 2.75) is 45.3 Å². The van der Waals surface area contributed by atoms with E-state index in [2.05, 4.69) is 52.1 Å². The molecule has 2 rings (SSSR count). The van der Waals surface area contributed by atoms with Gasteiger partial charge in [-0.25, -0.2) is 4.79 Å². The highest BCUT2D eigenvalue weighted by molar-refractivity contribution is 9.10. The highest BCUT2D eigenvalue weighted by Crippen LogP contribution is 2.24. The summed E-state index contributed by atoms with van der Waals surface area (Å²) < 4.78 is 6.53. The minimum Gasteiger partial charge on any atom is -0.444 e. The first-order valence-corrected chi connectivity index (χ1v) is 8.52. The zero-order valence-electron chi connectivity index (χ0n) is 13.8. The first-order chi connectivity index (χ1) is 10.3. The number of anilines is 1. The third-order valence-electron chi connectivity index (χ3n) is 3.90. The molecule has 1 aliphatic rings. The molecule has 0 unspecified atom stereocenters. The van der Waals surface area contributed by atoms with Crippen molar-refractivity contribution in [1.29, 1.82) is 0 Å². The second kappa shape index (κ2) is 6.90. The summed E-state index contributed by atoms with van der Waals surface area (Å²) in [7, 11) is 2.12. The van der Waals surface area contributed by atoms with Crippen LogP contribution in [0.1, 0.15) is 33.6 Å². The van der Waals surface area contributed by atoms with Gasteiger partial charge in [0.1, 0.15) is 5.60 Å². The van der Waals surface area contributed by atoms with Crippen LogP contribution in [0.4, 0.5) is 10.5 Å². The topological polar surface area (TPSA) is 32.8 Å². The van der Waals surface area contributed by atoms with Crippen LogP contribution < -0.4 is 4.90 Å². The van der Waals surface area contributed by atoms with Gasteiger partial charge in [-0.15, -0.1) is 0 Å². The van der Waals surface area contributed by atoms with Crippen LogP contribution in [0.5, 0.6) is 0 Å². The number of benzene rings is 1. The average Bonchev–Trinajstić information content (AvgIpc) is 2.46. The molecule has 0 radical (unpaired) electrons. The van der Waals surface area contributed by atoms with Gasteiger partial charge in [-0.3, -0.25) is 0 Å². The molecule has 1 aliphatic heterocycles. The van der Waals surface area contributed by atoms with E-state index in [1.54, 1.807) is 0 Å². The molecule has 0 atom stereocenters. The van der Waals surface area contributed by atoms with Gasteiger partial charge >= 0.3 is 6.09 Å². The fraction of sp³-hybridized carbons (Fsp3) is 0.588. The summed E-state index contributed by atoms with van der Waals surface area (Å²) in [5.74, 6) is 0. The van der Waals surface area contributed by atoms with Crippen LogP contribution >= 0.6 is 15.9 Å². The first-order valence-electron chi connectivity index (χ1n) is 7.72. The van der Waals surface area contributed by atoms with E-state index in [1.807, 2.05) is 25.7 Å². The van der Waals surface area contributed by atoms with Gasteiger partial charge in [0.05, 0.1) is 0 Å². The fourth-order valence-electron chi connectivity index (χ4n) is 2.65. The summed E-state index contributed by atoms with van der Waals surface area (Å²) in [6, 6.07) is 8.80. The minimum absolute atomic E-state index is 0.197. The monoisotopic (exact) mass is 368 g/mol. The summed E-state index contributed by atoms with van der Waals surface area (Å²) in [5, 5.41) is 0. The average molecular weight is 369 g/mol. The fourth-order valence-corrected chi connectivity index (χ4v) is 2.91. The summed E-state index contributed by atoms with van der Waals surface area (Å²) in [6.07, 6.45) is 1.73. The van der Waals surface area contributed by atoms with Gasteiger partial charge in [-0.05, 0) is 57.9 Å². The Morgan fingerprint density at radius 2 is 1.77 bits per heavy atom. The van der Waals surface area contributed by atoms with Crippen LogP contribution in [0.15, 0.2) is 28.7 Å². The van der Waals surface area contributed by atoms with Crippen LogP contribution in [0, 0.1) is 0 Å². The Hall–Kier alpha value is -1.23. The summed E-state index contributed by atoms with van der Waals surface area (Å²) >= 11 is 3.46. The lowest BCUT2D eigenvalue weighted by atomic mass is 10.0. The number of nitrogens with zero attached hydrogens (tertiary/aromatic N) is 2. The normalized spacial score (nSPS) is 16.5. The van der Waals surface area contributed by atoms with Crippen molar-refractivity contribution in [3.63, 3.8) is 0 Å². The van der Waals surface area contributed by atoms with E-state index in [0.717, 1.165) is 30.4 Å². The minimum atomic E-state index is -0.428. The molecule has 0 saturated carbocycles. The Morgan fingerprint density at radius 1 is 1.23 bits per heavy atom. The second-order valence-electron chi connectivity index (χ2n) is 6.79. The number of hydrogen-bond donors (Lipinski definition) is 0. The van der Waals surface area contributed by atoms with Crippen molar-refractivity contribution in [3.8, 4) is 0 Å². The van der Waals surface area contributed by atoms with E-state index in [4.69, 9.17) is 4.74 Å². The zero-order chi connectivity index (χ0) is 16.3. The molecule has 1 amide bonds. The number of piperidine rings is 1. The molecule has 122 valence electrons. The molecule has 1 heterocycles. The first kappa shape index (κ1) is 17.1. The van der Waals surface area contributed by atoms with Crippen molar-refractivity contribution >= 4 is 27.7 Å². The Kier molecular flexibility index (Phi) is 5.37. The number of carbonyl (C=O) groups excluding carboxylic acids is 1. The van der Waals surface area contributed by atoms with Crippen molar-refractivity contribution < 1.29 is 9.53 Å². The third kappa shape index (κ3) is 4.63. The Morgan fingerprint density at radius 3 is 2.27 bits per heavy atom. The number of ether oxygens (including phenoxy) is 1. The van der Waals surface area contributed by atoms with Gasteiger partial charge in [0.25, 0.3) is 0 Å². The predicted molar refractivity (Wildman–Crippen MR) is 93.4 cm³/mol. The summed E-state index contributed by atoms with van der Waals surface area (Å²) in [6.45, 7) is 7.21. The smallest absolute Gasteiger partial charge is 0.410 e. The zero-order valence-corrected chi connectivity index (χ0v) is 15.4. The SMILES string of the molecule is CN(c1ccc(Br)cc1)C1CCN(C(=O)OC(C)(C)C)CC1. The van der Waals surface area contributed by atoms with Crippen LogP contribution in [0.25, 0.3) is 0 Å². The lowest BCUT2D eigenvalue weighted by molar-refractivity contribution is 0.0205. The number of likely N-dealkylation sites (tertiary alicyclic amines) is 1. The van der Waals surface area contributed by atoms with Crippen LogP contribution in [-0.2, 0) is 4.74 Å². The Balaban J connectivity index is 1.89. The van der Waals surface area contributed by atoms with Crippen LogP contribution in [0.2, 0.25) is 0 Å². The van der Waals surface area contributed by atoms with Crippen molar-refractivity contribution in [2.75, 3.05) is 25.0 Å². The lowest BCUT2D eigenvalue weighted by Crippen LogP contribution is -2.47. The number of halogens is 1. The molecule has 22 heavy (non-hydrogen) atoms. The van der Waals surface area contributed by atoms with Gasteiger partial charge in [0.2, 0.25) is 0 Å². The second-order valence-corrected chi connectivity index (χ2v) is 7.70. The molecule has 0 spiro atoms. The molecule has 0 bridgehead atoms. The molecule has 1 aromatic carbocycles. The number of amides is 1. The van der Waals surface area contributed by atoms with Crippen LogP contribution in [-0.4, -0.2) is 42.8 Å². The molecular formula is C17H25BrN2O2. The predicted octanol–water partition coefficient (Wildman–Crippen LogP) is 4.28. The number of hydrogen-bond acceptors (Lipinski definition) is 3. The lowest BCUT2D eigenvalue weighted by Gasteiger charge is -2.38. The molecule has 4 nitrogen and oxygen atoms in total. The summed E-state index contributed by atoms with van der Waals surface area (Å²) in [5.41, 5.74) is 0.779. The molecule has 1 fully saturated rings. The van der Waals surface area contributed by atoms with E-state index >= 15 is 0 Å². The molecule has 0 aliphatic carbocycles. The largest absolute Gasteiger partial charge is 0.444 e. The molecule has 5 heteroatoms. The van der Waals surface area contributed by atoms with Gasteiger partial charge in [0.15, 0.2) is 0 Å². The van der Waals surface area contributed by atoms with Gasteiger partial charge in [-0.1, -0.05) is 15.9 Å². The maximum absolute atomic E-state index is 12.1. The Labute approximate surface area is 141 Å². The quantitative estimate of drug-likeness (QED) is 0.780. The standard InChI is InChI=1S/C17H25BrN2O2/c1-17(2,3)22-16(21)20-11-9-15(10-12-20)19(4)14-7-5-13(18)6-8-14/h5-8,15H,9-12H2,1-4H3. The molecule has 0 aromatic heterocycles. The van der Waals surface area contributed by atoms with E-state index in [0.29, 0.717) is 6.04 Å². The van der Waals surface area contributed by atoms with E-state index < -0.39 is 5.60 Å². The molecule has 1 aromatic rings. The van der Waals surface area contributed by atoms with Gasteiger partial charge in [-0.2, -0.15) is 0 Å². The maximum atomic E-state index is 12.1. The molecular weight excluding hydrogens is 344 g/mol. The third-order valence-corrected chi connectivity index (χ3v) is 4.43. The van der Waals surface area contributed by atoms with Crippen molar-refractivity contribution in [1.82, 2.24) is 4.90 Å². The Bertz CT molecular complexity index is 502. The van der Waals surface area contributed by atoms with E-state index in [9.17, 15) is 4.79 Å². The maximum Gasteiger partial charge on any atom is 0.410 e. The van der Waals surface area contributed by atoms with E-state index in [-0.39, 0.29) is 6.09 Å². The van der Waals surface area contributed by atoms with Crippen molar-refractivity contribution in [3.05, 3.63) is 28.7 Å². The number of rotatable bonds is 2.